The Kier molecular flexibility index (Phi) is 10.5. The van der Waals surface area contributed by atoms with Crippen molar-refractivity contribution in [2.24, 2.45) is 0 Å². The van der Waals surface area contributed by atoms with Crippen molar-refractivity contribution in [2.75, 3.05) is 0 Å². The van der Waals surface area contributed by atoms with Crippen LogP contribution in [0.15, 0.2) is 84.9 Å². The maximum Gasteiger partial charge on any atom is 0.519 e. The summed E-state index contributed by atoms with van der Waals surface area (Å²) in [4.78, 5) is 34.6. The number of halogens is 2. The fourth-order valence-electron chi connectivity index (χ4n) is 4.50. The van der Waals surface area contributed by atoms with E-state index in [1.54, 1.807) is 12.1 Å². The van der Waals surface area contributed by atoms with Crippen molar-refractivity contribution in [3.05, 3.63) is 137 Å². The Morgan fingerprint density at radius 2 is 1.05 bits per heavy atom. The van der Waals surface area contributed by atoms with Gasteiger partial charge in [0.15, 0.2) is 0 Å². The van der Waals surface area contributed by atoms with Crippen LogP contribution in [-0.4, -0.2) is 16.0 Å². The molecule has 0 atom stereocenters. The number of non-ortho nitro benzene ring substituents is 2. The van der Waals surface area contributed by atoms with E-state index in [-0.39, 0.29) is 22.9 Å². The van der Waals surface area contributed by atoms with Crippen molar-refractivity contribution in [3.8, 4) is 11.5 Å². The molecule has 0 bridgehead atoms. The van der Waals surface area contributed by atoms with Crippen LogP contribution in [0, 0.1) is 20.2 Å². The molecule has 4 aromatic carbocycles. The van der Waals surface area contributed by atoms with Gasteiger partial charge in [0.1, 0.15) is 11.5 Å². The largest absolute Gasteiger partial charge is 0.519 e. The summed E-state index contributed by atoms with van der Waals surface area (Å²) in [7, 11) is 0. The van der Waals surface area contributed by atoms with Crippen molar-refractivity contribution in [3.63, 3.8) is 0 Å². The van der Waals surface area contributed by atoms with E-state index in [1.165, 1.54) is 36.4 Å². The van der Waals surface area contributed by atoms with Crippen molar-refractivity contribution in [1.29, 1.82) is 0 Å². The number of rotatable bonds is 12. The third-order valence-corrected chi connectivity index (χ3v) is 6.97. The lowest BCUT2D eigenvalue weighted by atomic mass is 10.0. The number of hydrogen-bond donors (Lipinski definition) is 0. The predicted octanol–water partition coefficient (Wildman–Crippen LogP) is 8.74. The molecule has 4 rings (SSSR count). The first kappa shape index (κ1) is 30.5. The Bertz CT molecular complexity index is 1490. The summed E-state index contributed by atoms with van der Waals surface area (Å²) in [5.74, 6) is 0.252. The highest BCUT2D eigenvalue weighted by atomic mass is 35.5. The van der Waals surface area contributed by atoms with Crippen molar-refractivity contribution < 1.29 is 24.1 Å². The Morgan fingerprint density at radius 1 is 0.619 bits per heavy atom. The highest BCUT2D eigenvalue weighted by Crippen LogP contribution is 2.29. The van der Waals surface area contributed by atoms with E-state index in [4.69, 9.17) is 32.7 Å². The first-order valence-corrected chi connectivity index (χ1v) is 13.9. The molecular formula is C31H26Cl2N2O7. The predicted molar refractivity (Wildman–Crippen MR) is 160 cm³/mol. The Balaban J connectivity index is 1.46. The second-order valence-electron chi connectivity index (χ2n) is 9.52. The summed E-state index contributed by atoms with van der Waals surface area (Å²) in [6, 6.07) is 22.8. The minimum Gasteiger partial charge on any atom is -0.394 e. The zero-order valence-corrected chi connectivity index (χ0v) is 23.8. The van der Waals surface area contributed by atoms with E-state index < -0.39 is 16.0 Å². The smallest absolute Gasteiger partial charge is 0.394 e. The molecule has 0 radical (unpaired) electrons. The lowest BCUT2D eigenvalue weighted by Gasteiger charge is -2.13. The van der Waals surface area contributed by atoms with Gasteiger partial charge in [-0.1, -0.05) is 47.5 Å². The summed E-state index contributed by atoms with van der Waals surface area (Å²) in [6.45, 7) is 0. The number of aryl methyl sites for hydroxylation is 4. The second-order valence-corrected chi connectivity index (χ2v) is 10.4. The van der Waals surface area contributed by atoms with E-state index in [1.807, 2.05) is 36.4 Å². The zero-order valence-electron chi connectivity index (χ0n) is 22.3. The fraction of sp³-hybridized carbons (Fsp3) is 0.194. The summed E-state index contributed by atoms with van der Waals surface area (Å²) < 4.78 is 10.9. The zero-order chi connectivity index (χ0) is 30.1. The molecule has 0 fully saturated rings. The molecule has 0 aliphatic carbocycles. The second kappa shape index (κ2) is 14.4. The maximum absolute atomic E-state index is 12.8. The van der Waals surface area contributed by atoms with Crippen LogP contribution in [-0.2, 0) is 25.7 Å². The molecule has 216 valence electrons. The van der Waals surface area contributed by atoms with Gasteiger partial charge in [0.05, 0.1) is 9.85 Å². The highest BCUT2D eigenvalue weighted by molar-refractivity contribution is 6.30. The number of benzene rings is 4. The molecule has 0 heterocycles. The number of carbonyl (C=O) groups excluding carboxylic acids is 1. The SMILES string of the molecule is O=C(Oc1ccc([N+](=O)[O-])cc1CCCc1cccc(Cl)c1)Oc1ccc([N+](=O)[O-])cc1CCCc1cccc(Cl)c1. The van der Waals surface area contributed by atoms with E-state index in [0.717, 1.165) is 11.1 Å². The first-order valence-electron chi connectivity index (χ1n) is 13.1. The summed E-state index contributed by atoms with van der Waals surface area (Å²) in [5, 5.41) is 24.0. The standard InChI is InChI=1S/C31H26Cl2N2O7/c32-25-11-3-7-21(17-25)5-1-9-23-19-27(34(37)38)13-15-29(23)41-31(36)42-30-16-14-28(35(39)40)20-24(30)10-2-6-22-8-4-12-26(33)18-22/h3-4,7-8,11-20H,1-2,5-6,9-10H2. The van der Waals surface area contributed by atoms with Crippen LogP contribution in [0.3, 0.4) is 0 Å². The minimum absolute atomic E-state index is 0.126. The Labute approximate surface area is 251 Å². The van der Waals surface area contributed by atoms with E-state index in [0.29, 0.717) is 59.7 Å². The molecular weight excluding hydrogens is 583 g/mol. The molecule has 0 unspecified atom stereocenters. The van der Waals surface area contributed by atoms with Gasteiger partial charge in [-0.15, -0.1) is 0 Å². The molecule has 0 spiro atoms. The van der Waals surface area contributed by atoms with E-state index in [9.17, 15) is 25.0 Å². The third-order valence-electron chi connectivity index (χ3n) is 6.50. The molecule has 0 N–H and O–H groups in total. The van der Waals surface area contributed by atoms with Gasteiger partial charge >= 0.3 is 6.16 Å². The van der Waals surface area contributed by atoms with Crippen LogP contribution in [0.1, 0.15) is 35.1 Å². The average molecular weight is 609 g/mol. The average Bonchev–Trinajstić information content (AvgIpc) is 2.94. The van der Waals surface area contributed by atoms with Gasteiger partial charge in [-0.25, -0.2) is 4.79 Å². The maximum atomic E-state index is 12.8. The van der Waals surface area contributed by atoms with Crippen LogP contribution >= 0.6 is 23.2 Å². The van der Waals surface area contributed by atoms with Gasteiger partial charge in [-0.2, -0.15) is 0 Å². The van der Waals surface area contributed by atoms with Gasteiger partial charge in [0.2, 0.25) is 0 Å². The monoisotopic (exact) mass is 608 g/mol. The molecule has 4 aromatic rings. The lowest BCUT2D eigenvalue weighted by Crippen LogP contribution is -2.16. The van der Waals surface area contributed by atoms with Crippen LogP contribution in [0.5, 0.6) is 11.5 Å². The lowest BCUT2D eigenvalue weighted by molar-refractivity contribution is -0.385. The Morgan fingerprint density at radius 3 is 1.43 bits per heavy atom. The van der Waals surface area contributed by atoms with Gasteiger partial charge in [-0.3, -0.25) is 20.2 Å². The minimum atomic E-state index is -1.06. The number of nitro benzene ring substituents is 2. The van der Waals surface area contributed by atoms with Crippen molar-refractivity contribution in [2.45, 2.75) is 38.5 Å². The summed E-state index contributed by atoms with van der Waals surface area (Å²) in [6.07, 6.45) is 2.28. The molecule has 42 heavy (non-hydrogen) atoms. The van der Waals surface area contributed by atoms with Gasteiger partial charge in [0, 0.05) is 45.4 Å². The molecule has 0 aromatic heterocycles. The van der Waals surface area contributed by atoms with Crippen LogP contribution in [0.2, 0.25) is 10.0 Å². The number of nitrogens with zero attached hydrogens (tertiary/aromatic N) is 2. The van der Waals surface area contributed by atoms with Crippen LogP contribution in [0.25, 0.3) is 0 Å². The van der Waals surface area contributed by atoms with Crippen molar-refractivity contribution in [1.82, 2.24) is 0 Å². The van der Waals surface area contributed by atoms with Crippen LogP contribution < -0.4 is 9.47 Å². The van der Waals surface area contributed by atoms with Gasteiger partial charge in [0.25, 0.3) is 11.4 Å². The number of hydrogen-bond acceptors (Lipinski definition) is 7. The topological polar surface area (TPSA) is 122 Å². The highest BCUT2D eigenvalue weighted by Gasteiger charge is 2.19. The number of ether oxygens (including phenoxy) is 2. The summed E-state index contributed by atoms with van der Waals surface area (Å²) in [5.41, 5.74) is 2.69. The van der Waals surface area contributed by atoms with Crippen LogP contribution in [0.4, 0.5) is 16.2 Å². The molecule has 0 saturated carbocycles. The molecule has 0 aliphatic heterocycles. The quantitative estimate of drug-likeness (QED) is 0.0681. The number of nitro groups is 2. The normalized spacial score (nSPS) is 10.7. The fourth-order valence-corrected chi connectivity index (χ4v) is 4.93. The molecule has 0 amide bonds. The third kappa shape index (κ3) is 8.76. The first-order chi connectivity index (χ1) is 20.2. The molecule has 9 nitrogen and oxygen atoms in total. The molecule has 0 aliphatic rings. The van der Waals surface area contributed by atoms with E-state index in [2.05, 4.69) is 0 Å². The molecule has 11 heteroatoms. The van der Waals surface area contributed by atoms with Gasteiger partial charge < -0.3 is 9.47 Å². The number of carbonyl (C=O) groups is 1. The van der Waals surface area contributed by atoms with Crippen molar-refractivity contribution >= 4 is 40.7 Å². The van der Waals surface area contributed by atoms with E-state index >= 15 is 0 Å². The Hall–Kier alpha value is -4.47. The molecule has 0 saturated heterocycles. The van der Waals surface area contributed by atoms with Gasteiger partial charge in [-0.05, 0) is 86.1 Å². The summed E-state index contributed by atoms with van der Waals surface area (Å²) >= 11 is 12.1.